The third-order valence-corrected chi connectivity index (χ3v) is 2.87. The highest BCUT2D eigenvalue weighted by molar-refractivity contribution is 5.95. The molecule has 2 aromatic carbocycles. The second kappa shape index (κ2) is 5.91. The van der Waals surface area contributed by atoms with Gasteiger partial charge in [-0.3, -0.25) is 14.9 Å². The van der Waals surface area contributed by atoms with E-state index in [9.17, 15) is 14.9 Å². The van der Waals surface area contributed by atoms with Crippen LogP contribution in [-0.2, 0) is 0 Å². The van der Waals surface area contributed by atoms with Gasteiger partial charge in [-0.2, -0.15) is 0 Å². The quantitative estimate of drug-likeness (QED) is 0.453. The standard InChI is InChI=1S/C14H14N4O3/c1-16-14(19)9-2-7-12(13(8-9)18(20)21)17-11-5-3-10(15)4-6-11/h2-8,17H,15H2,1H3,(H,16,19). The van der Waals surface area contributed by atoms with E-state index in [1.807, 2.05) is 0 Å². The van der Waals surface area contributed by atoms with Gasteiger partial charge in [0.05, 0.1) is 4.92 Å². The largest absolute Gasteiger partial charge is 0.399 e. The van der Waals surface area contributed by atoms with E-state index in [4.69, 9.17) is 5.73 Å². The summed E-state index contributed by atoms with van der Waals surface area (Å²) in [5.74, 6) is -0.378. The van der Waals surface area contributed by atoms with Crippen molar-refractivity contribution in [1.29, 1.82) is 0 Å². The average molecular weight is 286 g/mol. The van der Waals surface area contributed by atoms with Crippen molar-refractivity contribution in [2.24, 2.45) is 0 Å². The van der Waals surface area contributed by atoms with Crippen LogP contribution in [0.1, 0.15) is 10.4 Å². The highest BCUT2D eigenvalue weighted by atomic mass is 16.6. The first kappa shape index (κ1) is 14.3. The predicted octanol–water partition coefficient (Wildman–Crippen LogP) is 2.28. The molecule has 0 unspecified atom stereocenters. The molecule has 2 rings (SSSR count). The zero-order valence-electron chi connectivity index (χ0n) is 11.3. The lowest BCUT2D eigenvalue weighted by atomic mass is 10.1. The zero-order chi connectivity index (χ0) is 15.4. The van der Waals surface area contributed by atoms with Gasteiger partial charge < -0.3 is 16.4 Å². The SMILES string of the molecule is CNC(=O)c1ccc(Nc2ccc(N)cc2)c([N+](=O)[O-])c1. The number of nitrogens with one attached hydrogen (secondary N) is 2. The fourth-order valence-electron chi connectivity index (χ4n) is 1.80. The third-order valence-electron chi connectivity index (χ3n) is 2.87. The Morgan fingerprint density at radius 3 is 2.43 bits per heavy atom. The monoisotopic (exact) mass is 286 g/mol. The van der Waals surface area contributed by atoms with Crippen molar-refractivity contribution in [1.82, 2.24) is 5.32 Å². The molecule has 0 radical (unpaired) electrons. The van der Waals surface area contributed by atoms with E-state index >= 15 is 0 Å². The van der Waals surface area contributed by atoms with E-state index in [-0.39, 0.29) is 17.2 Å². The molecular formula is C14H14N4O3. The smallest absolute Gasteiger partial charge is 0.293 e. The van der Waals surface area contributed by atoms with E-state index in [2.05, 4.69) is 10.6 Å². The van der Waals surface area contributed by atoms with Gasteiger partial charge >= 0.3 is 0 Å². The van der Waals surface area contributed by atoms with Gasteiger partial charge in [-0.15, -0.1) is 0 Å². The number of benzene rings is 2. The Balaban J connectivity index is 2.36. The van der Waals surface area contributed by atoms with Gasteiger partial charge in [0.15, 0.2) is 0 Å². The number of nitrogen functional groups attached to an aromatic ring is 1. The van der Waals surface area contributed by atoms with Crippen molar-refractivity contribution in [3.8, 4) is 0 Å². The Morgan fingerprint density at radius 1 is 1.19 bits per heavy atom. The highest BCUT2D eigenvalue weighted by Gasteiger charge is 2.17. The number of rotatable bonds is 4. The molecule has 0 heterocycles. The van der Waals surface area contributed by atoms with Crippen LogP contribution >= 0.6 is 0 Å². The topological polar surface area (TPSA) is 110 Å². The molecule has 0 saturated carbocycles. The molecule has 7 nitrogen and oxygen atoms in total. The predicted molar refractivity (Wildman–Crippen MR) is 80.6 cm³/mol. The van der Waals surface area contributed by atoms with Crippen LogP contribution in [-0.4, -0.2) is 17.9 Å². The van der Waals surface area contributed by atoms with Crippen molar-refractivity contribution >= 4 is 28.7 Å². The molecule has 2 aromatic rings. The Hall–Kier alpha value is -3.09. The third kappa shape index (κ3) is 3.27. The molecule has 1 amide bonds. The molecule has 0 aliphatic rings. The minimum absolute atomic E-state index is 0.173. The molecule has 0 atom stereocenters. The molecule has 0 saturated heterocycles. The van der Waals surface area contributed by atoms with Crippen LogP contribution in [0.2, 0.25) is 0 Å². The number of carbonyl (C=O) groups is 1. The second-order valence-electron chi connectivity index (χ2n) is 4.32. The number of amides is 1. The van der Waals surface area contributed by atoms with Crippen molar-refractivity contribution in [2.75, 3.05) is 18.1 Å². The van der Waals surface area contributed by atoms with Crippen LogP contribution in [0.4, 0.5) is 22.7 Å². The molecular weight excluding hydrogens is 272 g/mol. The summed E-state index contributed by atoms with van der Waals surface area (Å²) in [5.41, 5.74) is 7.21. The minimum Gasteiger partial charge on any atom is -0.399 e. The summed E-state index contributed by atoms with van der Waals surface area (Å²) in [7, 11) is 1.47. The summed E-state index contributed by atoms with van der Waals surface area (Å²) in [4.78, 5) is 22.1. The summed E-state index contributed by atoms with van der Waals surface area (Å²) in [6.45, 7) is 0. The van der Waals surface area contributed by atoms with Crippen LogP contribution in [0.3, 0.4) is 0 Å². The number of nitrogens with zero attached hydrogens (tertiary/aromatic N) is 1. The number of nitrogens with two attached hydrogens (primary N) is 1. The fraction of sp³-hybridized carbons (Fsp3) is 0.0714. The van der Waals surface area contributed by atoms with E-state index in [0.29, 0.717) is 17.1 Å². The Labute approximate surface area is 120 Å². The Morgan fingerprint density at radius 2 is 1.86 bits per heavy atom. The number of carbonyl (C=O) groups excluding carboxylic acids is 1. The number of nitro benzene ring substituents is 1. The van der Waals surface area contributed by atoms with Gasteiger partial charge in [0.25, 0.3) is 11.6 Å². The first-order valence-corrected chi connectivity index (χ1v) is 6.14. The second-order valence-corrected chi connectivity index (χ2v) is 4.32. The first-order chi connectivity index (χ1) is 10.0. The molecule has 0 fully saturated rings. The van der Waals surface area contributed by atoms with Gasteiger partial charge in [0.2, 0.25) is 0 Å². The van der Waals surface area contributed by atoms with Gasteiger partial charge in [-0.05, 0) is 36.4 Å². The summed E-state index contributed by atoms with van der Waals surface area (Å²) >= 11 is 0. The number of nitro groups is 1. The summed E-state index contributed by atoms with van der Waals surface area (Å²) < 4.78 is 0. The maximum absolute atomic E-state index is 11.5. The molecule has 108 valence electrons. The number of hydrogen-bond donors (Lipinski definition) is 3. The van der Waals surface area contributed by atoms with Gasteiger partial charge in [0, 0.05) is 30.1 Å². The number of anilines is 3. The van der Waals surface area contributed by atoms with Crippen LogP contribution in [0, 0.1) is 10.1 Å². The summed E-state index contributed by atoms with van der Waals surface area (Å²) in [5, 5.41) is 16.5. The first-order valence-electron chi connectivity index (χ1n) is 6.14. The van der Waals surface area contributed by atoms with Crippen LogP contribution in [0.5, 0.6) is 0 Å². The lowest BCUT2D eigenvalue weighted by Gasteiger charge is -2.08. The molecule has 0 aliphatic heterocycles. The highest BCUT2D eigenvalue weighted by Crippen LogP contribution is 2.29. The normalized spacial score (nSPS) is 9.95. The van der Waals surface area contributed by atoms with Crippen LogP contribution in [0.25, 0.3) is 0 Å². The lowest BCUT2D eigenvalue weighted by molar-refractivity contribution is -0.383. The minimum atomic E-state index is -0.536. The van der Waals surface area contributed by atoms with Crippen LogP contribution in [0.15, 0.2) is 42.5 Å². The maximum atomic E-state index is 11.5. The van der Waals surface area contributed by atoms with E-state index in [0.717, 1.165) is 0 Å². The Bertz CT molecular complexity index is 683. The summed E-state index contributed by atoms with van der Waals surface area (Å²) in [6.07, 6.45) is 0. The maximum Gasteiger partial charge on any atom is 0.293 e. The van der Waals surface area contributed by atoms with Gasteiger partial charge in [-0.1, -0.05) is 0 Å². The lowest BCUT2D eigenvalue weighted by Crippen LogP contribution is -2.17. The van der Waals surface area contributed by atoms with Crippen molar-refractivity contribution < 1.29 is 9.72 Å². The molecule has 7 heteroatoms. The van der Waals surface area contributed by atoms with E-state index in [1.54, 1.807) is 24.3 Å². The van der Waals surface area contributed by atoms with Gasteiger partial charge in [0.1, 0.15) is 5.69 Å². The van der Waals surface area contributed by atoms with Crippen LogP contribution < -0.4 is 16.4 Å². The number of hydrogen-bond acceptors (Lipinski definition) is 5. The molecule has 4 N–H and O–H groups in total. The fourth-order valence-corrected chi connectivity index (χ4v) is 1.80. The van der Waals surface area contributed by atoms with E-state index in [1.165, 1.54) is 25.2 Å². The zero-order valence-corrected chi connectivity index (χ0v) is 11.3. The average Bonchev–Trinajstić information content (AvgIpc) is 2.49. The molecule has 0 bridgehead atoms. The van der Waals surface area contributed by atoms with Crippen molar-refractivity contribution in [2.45, 2.75) is 0 Å². The van der Waals surface area contributed by atoms with Crippen molar-refractivity contribution in [3.63, 3.8) is 0 Å². The molecule has 21 heavy (non-hydrogen) atoms. The molecule has 0 aliphatic carbocycles. The molecule has 0 spiro atoms. The Kier molecular flexibility index (Phi) is 4.03. The van der Waals surface area contributed by atoms with Crippen molar-refractivity contribution in [3.05, 3.63) is 58.1 Å². The van der Waals surface area contributed by atoms with Gasteiger partial charge in [-0.25, -0.2) is 0 Å². The summed E-state index contributed by atoms with van der Waals surface area (Å²) in [6, 6.07) is 11.1. The molecule has 0 aromatic heterocycles. The van der Waals surface area contributed by atoms with E-state index < -0.39 is 4.92 Å².